The van der Waals surface area contributed by atoms with Gasteiger partial charge in [-0.15, -0.1) is 5.10 Å². The predicted octanol–water partition coefficient (Wildman–Crippen LogP) is 3.99. The number of nitrogen functional groups attached to an aromatic ring is 1. The molecule has 0 radical (unpaired) electrons. The van der Waals surface area contributed by atoms with E-state index in [1.54, 1.807) is 53.6 Å². The number of nitrogens with zero attached hydrogens (tertiary/aromatic N) is 6. The summed E-state index contributed by atoms with van der Waals surface area (Å²) < 4.78 is 18.8. The summed E-state index contributed by atoms with van der Waals surface area (Å²) in [7, 11) is 0. The highest BCUT2D eigenvalue weighted by molar-refractivity contribution is 5.75. The minimum Gasteiger partial charge on any atom is -0.366 e. The van der Waals surface area contributed by atoms with Crippen LogP contribution in [0, 0.1) is 5.82 Å². The van der Waals surface area contributed by atoms with Gasteiger partial charge in [0.1, 0.15) is 5.82 Å². The van der Waals surface area contributed by atoms with Gasteiger partial charge in [-0.25, -0.2) is 8.91 Å². The molecule has 0 unspecified atom stereocenters. The molecule has 0 aliphatic rings. The van der Waals surface area contributed by atoms with E-state index in [0.717, 1.165) is 5.56 Å². The van der Waals surface area contributed by atoms with Gasteiger partial charge in [-0.05, 0) is 36.2 Å². The van der Waals surface area contributed by atoms with Crippen molar-refractivity contribution in [3.63, 3.8) is 0 Å². The summed E-state index contributed by atoms with van der Waals surface area (Å²) in [5.74, 6) is -0.139. The first-order valence-corrected chi connectivity index (χ1v) is 9.45. The first kappa shape index (κ1) is 18.0. The molecular weight excluding hydrogens is 381 g/mol. The number of anilines is 1. The highest BCUT2D eigenvalue weighted by atomic mass is 19.1. The smallest absolute Gasteiger partial charge is 0.240 e. The van der Waals surface area contributed by atoms with Crippen molar-refractivity contribution in [2.24, 2.45) is 0 Å². The molecule has 0 saturated carbocycles. The molecule has 5 rings (SSSR count). The van der Waals surface area contributed by atoms with Gasteiger partial charge in [0, 0.05) is 41.5 Å². The molecule has 4 heterocycles. The molecule has 0 fully saturated rings. The fourth-order valence-corrected chi connectivity index (χ4v) is 3.51. The summed E-state index contributed by atoms with van der Waals surface area (Å²) >= 11 is 0. The summed E-state index contributed by atoms with van der Waals surface area (Å²) in [5.41, 5.74) is 9.61. The number of nitrogens with two attached hydrogens (primary N) is 1. The number of rotatable bonds is 4. The number of pyridine rings is 2. The number of halogens is 1. The topological polar surface area (TPSA) is 86.9 Å². The predicted molar refractivity (Wildman–Crippen MR) is 112 cm³/mol. The van der Waals surface area contributed by atoms with E-state index in [2.05, 4.69) is 20.2 Å². The van der Waals surface area contributed by atoms with Crippen LogP contribution in [-0.2, 0) is 0 Å². The molecule has 1 aromatic carbocycles. The van der Waals surface area contributed by atoms with Crippen LogP contribution in [0.3, 0.4) is 0 Å². The van der Waals surface area contributed by atoms with E-state index in [-0.39, 0.29) is 17.8 Å². The Balaban J connectivity index is 1.52. The Morgan fingerprint density at radius 3 is 2.67 bits per heavy atom. The molecule has 7 nitrogen and oxygen atoms in total. The second-order valence-corrected chi connectivity index (χ2v) is 7.03. The first-order valence-electron chi connectivity index (χ1n) is 9.45. The van der Waals surface area contributed by atoms with Crippen molar-refractivity contribution in [3.8, 4) is 22.3 Å². The second-order valence-electron chi connectivity index (χ2n) is 7.03. The normalized spacial score (nSPS) is 12.3. The van der Waals surface area contributed by atoms with Gasteiger partial charge in [-0.2, -0.15) is 10.1 Å². The van der Waals surface area contributed by atoms with Crippen molar-refractivity contribution in [1.82, 2.24) is 29.4 Å². The summed E-state index contributed by atoms with van der Waals surface area (Å²) in [5, 5.41) is 8.50. The van der Waals surface area contributed by atoms with E-state index in [1.165, 1.54) is 0 Å². The lowest BCUT2D eigenvalue weighted by molar-refractivity contribution is 0.563. The molecule has 0 bridgehead atoms. The maximum atomic E-state index is 15.5. The summed E-state index contributed by atoms with van der Waals surface area (Å²) in [6.45, 7) is 2.03. The van der Waals surface area contributed by atoms with Gasteiger partial charge in [0.15, 0.2) is 5.65 Å². The van der Waals surface area contributed by atoms with Crippen LogP contribution in [0.15, 0.2) is 73.4 Å². The van der Waals surface area contributed by atoms with Gasteiger partial charge >= 0.3 is 0 Å². The molecule has 0 spiro atoms. The summed E-state index contributed by atoms with van der Waals surface area (Å²) in [6, 6.07) is 12.7. The molecule has 2 N–H and O–H groups in total. The molecule has 0 amide bonds. The Bertz CT molecular complexity index is 1340. The van der Waals surface area contributed by atoms with Crippen LogP contribution < -0.4 is 5.73 Å². The third-order valence-electron chi connectivity index (χ3n) is 5.14. The lowest BCUT2D eigenvalue weighted by atomic mass is 10.0. The van der Waals surface area contributed by atoms with Crippen LogP contribution in [-0.4, -0.2) is 29.4 Å². The third kappa shape index (κ3) is 3.08. The van der Waals surface area contributed by atoms with Gasteiger partial charge in [0.25, 0.3) is 0 Å². The summed E-state index contributed by atoms with van der Waals surface area (Å²) in [4.78, 5) is 8.31. The zero-order valence-electron chi connectivity index (χ0n) is 16.1. The minimum absolute atomic E-state index is 0.0144. The Labute approximate surface area is 171 Å². The molecule has 4 aromatic heterocycles. The van der Waals surface area contributed by atoms with E-state index in [9.17, 15) is 0 Å². The highest BCUT2D eigenvalue weighted by Gasteiger charge is 2.16. The van der Waals surface area contributed by atoms with E-state index < -0.39 is 0 Å². The molecule has 8 heteroatoms. The third-order valence-corrected chi connectivity index (χ3v) is 5.14. The molecule has 148 valence electrons. The lowest BCUT2D eigenvalue weighted by Crippen LogP contribution is -2.07. The largest absolute Gasteiger partial charge is 0.366 e. The Morgan fingerprint density at radius 1 is 1.03 bits per heavy atom. The molecular formula is C22H18FN7. The van der Waals surface area contributed by atoms with Crippen molar-refractivity contribution in [2.45, 2.75) is 13.0 Å². The van der Waals surface area contributed by atoms with Crippen LogP contribution in [0.4, 0.5) is 10.3 Å². The maximum Gasteiger partial charge on any atom is 0.240 e. The standard InChI is InChI=1S/C22H18FN7/c1-14(16-4-3-8-25-11-16)30-13-17(12-26-30)19-6-2-5-18(21(19)23)15-7-9-29-20(10-15)27-22(24)28-29/h2-14H,1H3,(H2,24,28)/t14-/m1/s1. The number of benzene rings is 1. The molecule has 0 aliphatic carbocycles. The Kier molecular flexibility index (Phi) is 4.24. The van der Waals surface area contributed by atoms with Gasteiger partial charge < -0.3 is 5.73 Å². The number of aromatic nitrogens is 6. The van der Waals surface area contributed by atoms with Crippen molar-refractivity contribution in [1.29, 1.82) is 0 Å². The zero-order chi connectivity index (χ0) is 20.7. The quantitative estimate of drug-likeness (QED) is 0.494. The van der Waals surface area contributed by atoms with Crippen LogP contribution >= 0.6 is 0 Å². The van der Waals surface area contributed by atoms with Gasteiger partial charge in [0.2, 0.25) is 5.95 Å². The van der Waals surface area contributed by atoms with Crippen LogP contribution in [0.1, 0.15) is 18.5 Å². The monoisotopic (exact) mass is 399 g/mol. The second kappa shape index (κ2) is 7.07. The number of fused-ring (bicyclic) bond motifs is 1. The van der Waals surface area contributed by atoms with E-state index in [1.807, 2.05) is 36.0 Å². The van der Waals surface area contributed by atoms with Crippen LogP contribution in [0.2, 0.25) is 0 Å². The molecule has 5 aromatic rings. The van der Waals surface area contributed by atoms with Crippen LogP contribution in [0.25, 0.3) is 27.9 Å². The molecule has 0 saturated heterocycles. The van der Waals surface area contributed by atoms with Crippen molar-refractivity contribution < 1.29 is 4.39 Å². The average Bonchev–Trinajstić information content (AvgIpc) is 3.39. The maximum absolute atomic E-state index is 15.5. The van der Waals surface area contributed by atoms with Gasteiger partial charge in [-0.3, -0.25) is 9.67 Å². The highest BCUT2D eigenvalue weighted by Crippen LogP contribution is 2.32. The van der Waals surface area contributed by atoms with Crippen molar-refractivity contribution >= 4 is 11.6 Å². The molecule has 30 heavy (non-hydrogen) atoms. The fourth-order valence-electron chi connectivity index (χ4n) is 3.51. The lowest BCUT2D eigenvalue weighted by Gasteiger charge is -2.12. The average molecular weight is 399 g/mol. The van der Waals surface area contributed by atoms with Crippen LogP contribution in [0.5, 0.6) is 0 Å². The van der Waals surface area contributed by atoms with E-state index in [4.69, 9.17) is 5.73 Å². The van der Waals surface area contributed by atoms with Gasteiger partial charge in [-0.1, -0.05) is 24.3 Å². The first-order chi connectivity index (χ1) is 14.6. The Hall–Kier alpha value is -4.07. The van der Waals surface area contributed by atoms with Crippen molar-refractivity contribution in [2.75, 3.05) is 5.73 Å². The summed E-state index contributed by atoms with van der Waals surface area (Å²) in [6.07, 6.45) is 8.78. The SMILES string of the molecule is C[C@H](c1cccnc1)n1cc(-c2cccc(-c3ccn4nc(N)nc4c3)c2F)cn1. The molecule has 0 aliphatic heterocycles. The Morgan fingerprint density at radius 2 is 1.87 bits per heavy atom. The minimum atomic E-state index is -0.317. The van der Waals surface area contributed by atoms with Crippen molar-refractivity contribution in [3.05, 3.63) is 84.8 Å². The van der Waals surface area contributed by atoms with E-state index >= 15 is 4.39 Å². The number of hydrogen-bond acceptors (Lipinski definition) is 5. The fraction of sp³-hybridized carbons (Fsp3) is 0.0909. The zero-order valence-corrected chi connectivity index (χ0v) is 16.1. The van der Waals surface area contributed by atoms with Gasteiger partial charge in [0.05, 0.1) is 12.2 Å². The van der Waals surface area contributed by atoms with E-state index in [0.29, 0.717) is 27.9 Å². The number of hydrogen-bond donors (Lipinski definition) is 1. The molecule has 1 atom stereocenters.